The fraction of sp³-hybridized carbons (Fsp3) is 1.00. The number of nitrogens with one attached hydrogen (secondary N) is 1. The monoisotopic (exact) mass is 171 g/mol. The van der Waals surface area contributed by atoms with Gasteiger partial charge in [-0.25, -0.2) is 0 Å². The number of hydrogen-bond donors (Lipinski definition) is 1. The molecule has 2 aliphatic rings. The zero-order valence-electron chi connectivity index (χ0n) is 8.36. The Bertz CT molecular complexity index is 111. The van der Waals surface area contributed by atoms with Crippen molar-refractivity contribution in [3.63, 3.8) is 0 Å². The Labute approximate surface area is 75.7 Å². The predicted octanol–water partition coefficient (Wildman–Crippen LogP) is 1.80. The van der Waals surface area contributed by atoms with E-state index < -0.39 is 0 Å². The van der Waals surface area contributed by atoms with Gasteiger partial charge in [0.25, 0.3) is 0 Å². The molecule has 0 atom stereocenters. The van der Waals surface area contributed by atoms with Crippen LogP contribution in [0.2, 0.25) is 0 Å². The molecule has 2 nitrogen and oxygen atoms in total. The molecule has 2 aliphatic heterocycles. The molecule has 2 saturated heterocycles. The average molecular weight is 171 g/mol. The fourth-order valence-electron chi connectivity index (χ4n) is 2.00. The molecule has 0 aromatic rings. The molecule has 2 heterocycles. The van der Waals surface area contributed by atoms with Gasteiger partial charge in [0, 0.05) is 6.61 Å². The summed E-state index contributed by atoms with van der Waals surface area (Å²) < 4.78 is 5.41. The van der Waals surface area contributed by atoms with Gasteiger partial charge >= 0.3 is 0 Å². The third kappa shape index (κ3) is 2.20. The second-order valence-electron chi connectivity index (χ2n) is 3.55. The number of piperidine rings is 1. The second-order valence-corrected chi connectivity index (χ2v) is 3.55. The maximum Gasteiger partial charge on any atom is 0.0524 e. The highest BCUT2D eigenvalue weighted by molar-refractivity contribution is 4.87. The molecule has 72 valence electrons. The Morgan fingerprint density at radius 3 is 2.25 bits per heavy atom. The lowest BCUT2D eigenvalue weighted by atomic mass is 9.79. The Morgan fingerprint density at radius 1 is 1.08 bits per heavy atom. The molecular formula is C10H21NO. The molecule has 0 bridgehead atoms. The van der Waals surface area contributed by atoms with E-state index in [4.69, 9.17) is 4.74 Å². The van der Waals surface area contributed by atoms with Gasteiger partial charge in [0.05, 0.1) is 6.61 Å². The molecule has 0 saturated carbocycles. The van der Waals surface area contributed by atoms with Crippen molar-refractivity contribution in [1.29, 1.82) is 0 Å². The van der Waals surface area contributed by atoms with Gasteiger partial charge in [0.1, 0.15) is 0 Å². The number of hydrogen-bond acceptors (Lipinski definition) is 2. The normalized spacial score (nSPS) is 26.5. The summed E-state index contributed by atoms with van der Waals surface area (Å²) in [6, 6.07) is 0. The summed E-state index contributed by atoms with van der Waals surface area (Å²) in [5, 5.41) is 3.38. The molecule has 1 spiro atoms. The van der Waals surface area contributed by atoms with Crippen molar-refractivity contribution >= 4 is 0 Å². The maximum atomic E-state index is 5.41. The van der Waals surface area contributed by atoms with Gasteiger partial charge in [-0.15, -0.1) is 0 Å². The average Bonchev–Trinajstić information content (AvgIpc) is 2.58. The number of ether oxygens (including phenoxy) is 1. The minimum atomic E-state index is 0.589. The first-order chi connectivity index (χ1) is 5.91. The van der Waals surface area contributed by atoms with Crippen molar-refractivity contribution in [3.8, 4) is 0 Å². The summed E-state index contributed by atoms with van der Waals surface area (Å²) in [6.45, 7) is 8.42. The van der Waals surface area contributed by atoms with Gasteiger partial charge in [-0.2, -0.15) is 0 Å². The van der Waals surface area contributed by atoms with Crippen molar-refractivity contribution in [2.75, 3.05) is 26.3 Å². The van der Waals surface area contributed by atoms with Gasteiger partial charge in [-0.3, -0.25) is 0 Å². The third-order valence-electron chi connectivity index (χ3n) is 2.85. The topological polar surface area (TPSA) is 21.3 Å². The highest BCUT2D eigenvalue weighted by Crippen LogP contribution is 2.36. The Morgan fingerprint density at radius 2 is 1.75 bits per heavy atom. The molecular weight excluding hydrogens is 150 g/mol. The van der Waals surface area contributed by atoms with Crippen LogP contribution in [0.25, 0.3) is 0 Å². The van der Waals surface area contributed by atoms with Crippen LogP contribution in [-0.4, -0.2) is 26.3 Å². The van der Waals surface area contributed by atoms with Crippen LogP contribution >= 0.6 is 0 Å². The van der Waals surface area contributed by atoms with Gasteiger partial charge in [0.15, 0.2) is 0 Å². The largest absolute Gasteiger partial charge is 0.381 e. The Kier molecular flexibility index (Phi) is 4.02. The smallest absolute Gasteiger partial charge is 0.0524 e. The van der Waals surface area contributed by atoms with Gasteiger partial charge in [0.2, 0.25) is 0 Å². The Balaban J connectivity index is 0.000000336. The minimum Gasteiger partial charge on any atom is -0.381 e. The van der Waals surface area contributed by atoms with Crippen LogP contribution in [0.4, 0.5) is 0 Å². The van der Waals surface area contributed by atoms with Crippen molar-refractivity contribution in [2.45, 2.75) is 33.1 Å². The first-order valence-corrected chi connectivity index (χ1v) is 5.20. The maximum absolute atomic E-state index is 5.41. The van der Waals surface area contributed by atoms with E-state index in [-0.39, 0.29) is 0 Å². The molecule has 2 heteroatoms. The van der Waals surface area contributed by atoms with E-state index in [1.807, 2.05) is 13.8 Å². The van der Waals surface area contributed by atoms with E-state index >= 15 is 0 Å². The first-order valence-electron chi connectivity index (χ1n) is 5.20. The summed E-state index contributed by atoms with van der Waals surface area (Å²) in [4.78, 5) is 0. The van der Waals surface area contributed by atoms with Crippen LogP contribution in [0.15, 0.2) is 0 Å². The van der Waals surface area contributed by atoms with Crippen LogP contribution in [0, 0.1) is 5.41 Å². The fourth-order valence-corrected chi connectivity index (χ4v) is 2.00. The first kappa shape index (κ1) is 10.0. The van der Waals surface area contributed by atoms with Crippen LogP contribution < -0.4 is 5.32 Å². The molecule has 1 N–H and O–H groups in total. The molecule has 12 heavy (non-hydrogen) atoms. The zero-order valence-corrected chi connectivity index (χ0v) is 8.36. The van der Waals surface area contributed by atoms with E-state index in [0.717, 1.165) is 13.2 Å². The highest BCUT2D eigenvalue weighted by atomic mass is 16.5. The van der Waals surface area contributed by atoms with Crippen molar-refractivity contribution in [1.82, 2.24) is 5.32 Å². The van der Waals surface area contributed by atoms with Gasteiger partial charge in [-0.05, 0) is 37.8 Å². The van der Waals surface area contributed by atoms with E-state index in [1.165, 1.54) is 32.4 Å². The molecule has 0 unspecified atom stereocenters. The van der Waals surface area contributed by atoms with Crippen LogP contribution in [-0.2, 0) is 4.74 Å². The van der Waals surface area contributed by atoms with Crippen molar-refractivity contribution < 1.29 is 4.74 Å². The summed E-state index contributed by atoms with van der Waals surface area (Å²) in [6.07, 6.45) is 3.95. The quantitative estimate of drug-likeness (QED) is 0.600. The summed E-state index contributed by atoms with van der Waals surface area (Å²) in [7, 11) is 0. The molecule has 0 aromatic heterocycles. The SMILES string of the molecule is C1CC2(CCN1)CCOC2.CC. The van der Waals surface area contributed by atoms with Crippen LogP contribution in [0.3, 0.4) is 0 Å². The standard InChI is InChI=1S/C8H15NO.C2H6/c1-4-9-5-2-8(1)3-6-10-7-8;1-2/h9H,1-7H2;1-2H3. The summed E-state index contributed by atoms with van der Waals surface area (Å²) in [5.74, 6) is 0. The van der Waals surface area contributed by atoms with Gasteiger partial charge < -0.3 is 10.1 Å². The highest BCUT2D eigenvalue weighted by Gasteiger charge is 2.35. The third-order valence-corrected chi connectivity index (χ3v) is 2.85. The van der Waals surface area contributed by atoms with Crippen LogP contribution in [0.1, 0.15) is 33.1 Å². The molecule has 0 aliphatic carbocycles. The summed E-state index contributed by atoms with van der Waals surface area (Å²) >= 11 is 0. The van der Waals surface area contributed by atoms with E-state index in [0.29, 0.717) is 5.41 Å². The van der Waals surface area contributed by atoms with E-state index in [9.17, 15) is 0 Å². The molecule has 0 amide bonds. The lowest BCUT2D eigenvalue weighted by molar-refractivity contribution is 0.128. The number of rotatable bonds is 0. The minimum absolute atomic E-state index is 0.589. The lowest BCUT2D eigenvalue weighted by Crippen LogP contribution is -2.36. The molecule has 0 aromatic carbocycles. The molecule has 0 radical (unpaired) electrons. The van der Waals surface area contributed by atoms with Crippen molar-refractivity contribution in [2.24, 2.45) is 5.41 Å². The van der Waals surface area contributed by atoms with E-state index in [1.54, 1.807) is 0 Å². The summed E-state index contributed by atoms with van der Waals surface area (Å²) in [5.41, 5.74) is 0.589. The molecule has 2 fully saturated rings. The van der Waals surface area contributed by atoms with E-state index in [2.05, 4.69) is 5.32 Å². The molecule has 2 rings (SSSR count). The second kappa shape index (κ2) is 4.83. The zero-order chi connectivity index (χ0) is 8.86. The lowest BCUT2D eigenvalue weighted by Gasteiger charge is -2.31. The van der Waals surface area contributed by atoms with Gasteiger partial charge in [-0.1, -0.05) is 13.8 Å². The predicted molar refractivity (Wildman–Crippen MR) is 51.3 cm³/mol. The Hall–Kier alpha value is -0.0800. The van der Waals surface area contributed by atoms with Crippen LogP contribution in [0.5, 0.6) is 0 Å². The van der Waals surface area contributed by atoms with Crippen molar-refractivity contribution in [3.05, 3.63) is 0 Å².